The number of methoxy groups -OCH3 is 2. The van der Waals surface area contributed by atoms with Gasteiger partial charge in [0.05, 0.1) is 35.5 Å². The number of nitrogens with one attached hydrogen (secondary N) is 2. The zero-order valence-corrected chi connectivity index (χ0v) is 24.1. The molecule has 1 amide bonds. The number of carbonyl (C=O) groups is 1. The number of sulfonamides is 1. The van der Waals surface area contributed by atoms with Gasteiger partial charge in [-0.15, -0.1) is 0 Å². The van der Waals surface area contributed by atoms with E-state index in [0.29, 0.717) is 59.6 Å². The van der Waals surface area contributed by atoms with Crippen molar-refractivity contribution in [2.45, 2.75) is 11.8 Å². The van der Waals surface area contributed by atoms with E-state index in [-0.39, 0.29) is 10.0 Å². The van der Waals surface area contributed by atoms with Crippen molar-refractivity contribution in [3.8, 4) is 11.5 Å². The van der Waals surface area contributed by atoms with E-state index in [1.54, 1.807) is 60.7 Å². The summed E-state index contributed by atoms with van der Waals surface area (Å²) in [5.41, 5.74) is 2.57. The van der Waals surface area contributed by atoms with E-state index in [2.05, 4.69) is 10.6 Å². The second-order valence-corrected chi connectivity index (χ2v) is 11.6. The number of thiocarbonyl (C=S) groups is 1. The molecule has 12 heteroatoms. The Labute approximate surface area is 238 Å². The smallest absolute Gasteiger partial charge is 0.257 e. The topological polar surface area (TPSA) is 100 Å². The maximum absolute atomic E-state index is 13.1. The SMILES string of the molecule is COc1cc(OC)cc(C(=O)NC(=S)Nc2cccc(Cl)c2N2CCN(S(=O)(=O)c3ccc(C)cc3)CC2)c1. The van der Waals surface area contributed by atoms with Gasteiger partial charge in [-0.25, -0.2) is 8.42 Å². The van der Waals surface area contributed by atoms with Gasteiger partial charge in [-0.1, -0.05) is 35.4 Å². The van der Waals surface area contributed by atoms with Crippen LogP contribution in [0.2, 0.25) is 5.02 Å². The molecular weight excluding hydrogens is 560 g/mol. The van der Waals surface area contributed by atoms with Gasteiger partial charge < -0.3 is 19.7 Å². The summed E-state index contributed by atoms with van der Waals surface area (Å²) in [6.45, 7) is 3.34. The molecule has 4 rings (SSSR count). The quantitative estimate of drug-likeness (QED) is 0.394. The van der Waals surface area contributed by atoms with Gasteiger partial charge in [0, 0.05) is 37.8 Å². The summed E-state index contributed by atoms with van der Waals surface area (Å²) in [7, 11) is -0.600. The molecule has 39 heavy (non-hydrogen) atoms. The predicted octanol–water partition coefficient (Wildman–Crippen LogP) is 4.30. The number of rotatable bonds is 7. The van der Waals surface area contributed by atoms with E-state index >= 15 is 0 Å². The largest absolute Gasteiger partial charge is 0.497 e. The molecule has 0 aliphatic carbocycles. The van der Waals surface area contributed by atoms with Crippen LogP contribution in [-0.4, -0.2) is 64.1 Å². The van der Waals surface area contributed by atoms with Crippen molar-refractivity contribution in [3.05, 3.63) is 76.8 Å². The lowest BCUT2D eigenvalue weighted by molar-refractivity contribution is 0.0977. The van der Waals surface area contributed by atoms with Crippen molar-refractivity contribution < 1.29 is 22.7 Å². The summed E-state index contributed by atoms with van der Waals surface area (Å²) < 4.78 is 38.2. The molecular formula is C27H29ClN4O5S2. The Morgan fingerprint density at radius 1 is 0.949 bits per heavy atom. The Balaban J connectivity index is 1.45. The van der Waals surface area contributed by atoms with Crippen LogP contribution in [0.1, 0.15) is 15.9 Å². The van der Waals surface area contributed by atoms with Crippen LogP contribution in [-0.2, 0) is 10.0 Å². The first-order valence-corrected chi connectivity index (χ1v) is 14.3. The van der Waals surface area contributed by atoms with Crippen LogP contribution in [0.3, 0.4) is 0 Å². The third kappa shape index (κ3) is 6.62. The zero-order chi connectivity index (χ0) is 28.2. The molecule has 1 heterocycles. The molecule has 3 aromatic carbocycles. The Morgan fingerprint density at radius 3 is 2.15 bits per heavy atom. The number of hydrogen-bond acceptors (Lipinski definition) is 7. The molecule has 1 fully saturated rings. The number of carbonyl (C=O) groups excluding carboxylic acids is 1. The number of nitrogens with zero attached hydrogens (tertiary/aromatic N) is 2. The minimum absolute atomic E-state index is 0.0749. The van der Waals surface area contributed by atoms with Gasteiger partial charge in [-0.3, -0.25) is 10.1 Å². The van der Waals surface area contributed by atoms with E-state index in [1.165, 1.54) is 18.5 Å². The number of halogens is 1. The second kappa shape index (κ2) is 12.2. The molecule has 206 valence electrons. The van der Waals surface area contributed by atoms with Gasteiger partial charge >= 0.3 is 0 Å². The second-order valence-electron chi connectivity index (χ2n) is 8.85. The molecule has 0 unspecified atom stereocenters. The third-order valence-electron chi connectivity index (χ3n) is 6.29. The van der Waals surface area contributed by atoms with Crippen molar-refractivity contribution in [2.75, 3.05) is 50.6 Å². The fraction of sp³-hybridized carbons (Fsp3) is 0.259. The molecule has 0 bridgehead atoms. The van der Waals surface area contributed by atoms with E-state index in [4.69, 9.17) is 33.3 Å². The first-order valence-electron chi connectivity index (χ1n) is 12.1. The van der Waals surface area contributed by atoms with Crippen molar-refractivity contribution in [3.63, 3.8) is 0 Å². The zero-order valence-electron chi connectivity index (χ0n) is 21.7. The minimum Gasteiger partial charge on any atom is -0.497 e. The normalized spacial score (nSPS) is 14.0. The summed E-state index contributed by atoms with van der Waals surface area (Å²) in [5, 5.41) is 6.27. The minimum atomic E-state index is -3.60. The lowest BCUT2D eigenvalue weighted by Crippen LogP contribution is -2.49. The van der Waals surface area contributed by atoms with Gasteiger partial charge in [0.25, 0.3) is 5.91 Å². The highest BCUT2D eigenvalue weighted by Gasteiger charge is 2.30. The number of para-hydroxylation sites is 1. The van der Waals surface area contributed by atoms with Gasteiger partial charge in [0.1, 0.15) is 11.5 Å². The van der Waals surface area contributed by atoms with Gasteiger partial charge in [-0.05, 0) is 55.5 Å². The Bertz CT molecular complexity index is 1450. The van der Waals surface area contributed by atoms with Crippen molar-refractivity contribution in [2.24, 2.45) is 0 Å². The molecule has 0 radical (unpaired) electrons. The Hall–Kier alpha value is -3.38. The fourth-order valence-corrected chi connectivity index (χ4v) is 6.14. The van der Waals surface area contributed by atoms with Crippen LogP contribution in [0.5, 0.6) is 11.5 Å². The number of aryl methyl sites for hydroxylation is 1. The van der Waals surface area contributed by atoms with Gasteiger partial charge in [0.15, 0.2) is 5.11 Å². The monoisotopic (exact) mass is 588 g/mol. The highest BCUT2D eigenvalue weighted by molar-refractivity contribution is 7.89. The summed E-state index contributed by atoms with van der Waals surface area (Å²) in [5.74, 6) is 0.501. The average Bonchev–Trinajstić information content (AvgIpc) is 2.93. The van der Waals surface area contributed by atoms with Crippen molar-refractivity contribution in [1.82, 2.24) is 9.62 Å². The average molecular weight is 589 g/mol. The molecule has 3 aromatic rings. The molecule has 0 atom stereocenters. The van der Waals surface area contributed by atoms with E-state index in [9.17, 15) is 13.2 Å². The summed E-state index contributed by atoms with van der Waals surface area (Å²) in [6.07, 6.45) is 0. The number of hydrogen-bond donors (Lipinski definition) is 2. The van der Waals surface area contributed by atoms with Crippen LogP contribution >= 0.6 is 23.8 Å². The Morgan fingerprint density at radius 2 is 1.56 bits per heavy atom. The molecule has 9 nitrogen and oxygen atoms in total. The van der Waals surface area contributed by atoms with Crippen LogP contribution < -0.4 is 25.0 Å². The first kappa shape index (κ1) is 28.6. The summed E-state index contributed by atoms with van der Waals surface area (Å²) in [6, 6.07) is 17.0. The standard InChI is InChI=1S/C27H29ClN4O5S2/c1-18-7-9-22(10-8-18)39(34,35)32-13-11-31(12-14-32)25-23(28)5-4-6-24(25)29-27(38)30-26(33)19-15-20(36-2)17-21(16-19)37-3/h4-10,15-17H,11-14H2,1-3H3,(H2,29,30,33,38). The molecule has 0 aromatic heterocycles. The lowest BCUT2D eigenvalue weighted by atomic mass is 10.2. The summed E-state index contributed by atoms with van der Waals surface area (Å²) >= 11 is 12.0. The first-order chi connectivity index (χ1) is 18.6. The van der Waals surface area contributed by atoms with Gasteiger partial charge in [0.2, 0.25) is 10.0 Å². The maximum atomic E-state index is 13.1. The molecule has 1 aliphatic rings. The van der Waals surface area contributed by atoms with E-state index in [0.717, 1.165) is 5.56 Å². The number of amides is 1. The molecule has 0 spiro atoms. The maximum Gasteiger partial charge on any atom is 0.257 e. The van der Waals surface area contributed by atoms with Crippen LogP contribution in [0.25, 0.3) is 0 Å². The molecule has 1 saturated heterocycles. The van der Waals surface area contributed by atoms with Crippen molar-refractivity contribution >= 4 is 56.2 Å². The van der Waals surface area contributed by atoms with Crippen LogP contribution in [0.15, 0.2) is 65.6 Å². The number of ether oxygens (including phenoxy) is 2. The van der Waals surface area contributed by atoms with Crippen LogP contribution in [0.4, 0.5) is 11.4 Å². The summed E-state index contributed by atoms with van der Waals surface area (Å²) in [4.78, 5) is 15.1. The van der Waals surface area contributed by atoms with Gasteiger partial charge in [-0.2, -0.15) is 4.31 Å². The Kier molecular flexibility index (Phi) is 8.96. The lowest BCUT2D eigenvalue weighted by Gasteiger charge is -2.36. The number of anilines is 2. The van der Waals surface area contributed by atoms with Crippen LogP contribution in [0, 0.1) is 6.92 Å². The highest BCUT2D eigenvalue weighted by atomic mass is 35.5. The highest BCUT2D eigenvalue weighted by Crippen LogP contribution is 2.35. The third-order valence-corrected chi connectivity index (χ3v) is 8.71. The van der Waals surface area contributed by atoms with Crippen molar-refractivity contribution in [1.29, 1.82) is 0 Å². The molecule has 1 aliphatic heterocycles. The van der Waals surface area contributed by atoms with E-state index in [1.807, 2.05) is 11.8 Å². The number of piperazine rings is 1. The molecule has 0 saturated carbocycles. The fourth-order valence-electron chi connectivity index (χ4n) is 4.22. The molecule has 2 N–H and O–H groups in total. The number of benzene rings is 3. The predicted molar refractivity (Wildman–Crippen MR) is 157 cm³/mol. The van der Waals surface area contributed by atoms with E-state index < -0.39 is 15.9 Å².